The van der Waals surface area contributed by atoms with Crippen molar-refractivity contribution in [1.82, 2.24) is 4.90 Å². The van der Waals surface area contributed by atoms with Crippen molar-refractivity contribution in [3.05, 3.63) is 59.7 Å². The summed E-state index contributed by atoms with van der Waals surface area (Å²) in [7, 11) is 0. The SMILES string of the molecule is Cc1cc(NC(C)C)cc(N2CCN(C(=O)c3ccccc3)CC2)c1. The van der Waals surface area contributed by atoms with Crippen molar-refractivity contribution in [2.45, 2.75) is 26.8 Å². The van der Waals surface area contributed by atoms with E-state index in [0.717, 1.165) is 37.4 Å². The van der Waals surface area contributed by atoms with Crippen LogP contribution in [0.2, 0.25) is 0 Å². The van der Waals surface area contributed by atoms with E-state index in [4.69, 9.17) is 0 Å². The highest BCUT2D eigenvalue weighted by Crippen LogP contribution is 2.24. The molecule has 0 spiro atoms. The van der Waals surface area contributed by atoms with Gasteiger partial charge in [0.15, 0.2) is 0 Å². The predicted molar refractivity (Wildman–Crippen MR) is 104 cm³/mol. The molecular formula is C21H27N3O. The lowest BCUT2D eigenvalue weighted by Gasteiger charge is -2.36. The topological polar surface area (TPSA) is 35.6 Å². The standard InChI is InChI=1S/C21H27N3O/c1-16(2)22-19-13-17(3)14-20(15-19)23-9-11-24(12-10-23)21(25)18-7-5-4-6-8-18/h4-8,13-16,22H,9-12H2,1-3H3. The maximum Gasteiger partial charge on any atom is 0.253 e. The summed E-state index contributed by atoms with van der Waals surface area (Å²) in [4.78, 5) is 16.9. The number of aryl methyl sites for hydroxylation is 1. The molecule has 0 bridgehead atoms. The molecule has 0 aromatic heterocycles. The van der Waals surface area contributed by atoms with Gasteiger partial charge in [-0.1, -0.05) is 18.2 Å². The van der Waals surface area contributed by atoms with Gasteiger partial charge < -0.3 is 15.1 Å². The van der Waals surface area contributed by atoms with Crippen LogP contribution in [0.4, 0.5) is 11.4 Å². The average molecular weight is 337 g/mol. The van der Waals surface area contributed by atoms with Gasteiger partial charge in [-0.25, -0.2) is 0 Å². The lowest BCUT2D eigenvalue weighted by atomic mass is 10.1. The first-order valence-electron chi connectivity index (χ1n) is 9.00. The summed E-state index contributed by atoms with van der Waals surface area (Å²) < 4.78 is 0. The molecule has 0 atom stereocenters. The molecule has 1 saturated heterocycles. The van der Waals surface area contributed by atoms with E-state index in [0.29, 0.717) is 6.04 Å². The van der Waals surface area contributed by atoms with Gasteiger partial charge in [0.2, 0.25) is 0 Å². The van der Waals surface area contributed by atoms with E-state index in [1.807, 2.05) is 35.2 Å². The van der Waals surface area contributed by atoms with Crippen LogP contribution >= 0.6 is 0 Å². The van der Waals surface area contributed by atoms with Crippen LogP contribution < -0.4 is 10.2 Å². The number of nitrogens with one attached hydrogen (secondary N) is 1. The number of hydrogen-bond donors (Lipinski definition) is 1. The summed E-state index contributed by atoms with van der Waals surface area (Å²) in [5.41, 5.74) is 4.42. The fraction of sp³-hybridized carbons (Fsp3) is 0.381. The summed E-state index contributed by atoms with van der Waals surface area (Å²) in [6.07, 6.45) is 0. The van der Waals surface area contributed by atoms with Gasteiger partial charge in [0.05, 0.1) is 0 Å². The highest BCUT2D eigenvalue weighted by Gasteiger charge is 2.22. The van der Waals surface area contributed by atoms with Crippen molar-refractivity contribution in [2.75, 3.05) is 36.4 Å². The third kappa shape index (κ3) is 4.32. The fourth-order valence-corrected chi connectivity index (χ4v) is 3.29. The smallest absolute Gasteiger partial charge is 0.253 e. The number of benzene rings is 2. The first-order chi connectivity index (χ1) is 12.0. The van der Waals surface area contributed by atoms with Crippen LogP contribution in [0.25, 0.3) is 0 Å². The zero-order chi connectivity index (χ0) is 17.8. The van der Waals surface area contributed by atoms with Crippen molar-refractivity contribution in [3.63, 3.8) is 0 Å². The third-order valence-corrected chi connectivity index (χ3v) is 4.47. The average Bonchev–Trinajstić information content (AvgIpc) is 2.61. The molecule has 1 aliphatic heterocycles. The molecule has 0 saturated carbocycles. The molecule has 0 radical (unpaired) electrons. The monoisotopic (exact) mass is 337 g/mol. The molecular weight excluding hydrogens is 310 g/mol. The van der Waals surface area contributed by atoms with Crippen molar-refractivity contribution < 1.29 is 4.79 Å². The van der Waals surface area contributed by atoms with E-state index in [-0.39, 0.29) is 5.91 Å². The van der Waals surface area contributed by atoms with E-state index in [1.54, 1.807) is 0 Å². The molecule has 4 nitrogen and oxygen atoms in total. The molecule has 1 aliphatic rings. The lowest BCUT2D eigenvalue weighted by molar-refractivity contribution is 0.0747. The molecule has 25 heavy (non-hydrogen) atoms. The van der Waals surface area contributed by atoms with Crippen LogP contribution in [0.1, 0.15) is 29.8 Å². The Morgan fingerprint density at radius 3 is 2.32 bits per heavy atom. The van der Waals surface area contributed by atoms with Crippen LogP contribution in [0.3, 0.4) is 0 Å². The van der Waals surface area contributed by atoms with Gasteiger partial charge in [-0.05, 0) is 56.7 Å². The number of nitrogens with zero attached hydrogens (tertiary/aromatic N) is 2. The number of piperazine rings is 1. The van der Waals surface area contributed by atoms with Gasteiger partial charge in [-0.2, -0.15) is 0 Å². The molecule has 0 aliphatic carbocycles. The Bertz CT molecular complexity index is 719. The van der Waals surface area contributed by atoms with Crippen molar-refractivity contribution in [2.24, 2.45) is 0 Å². The predicted octanol–water partition coefficient (Wildman–Crippen LogP) is 3.78. The maximum atomic E-state index is 12.6. The molecule has 1 N–H and O–H groups in total. The first-order valence-corrected chi connectivity index (χ1v) is 9.00. The molecule has 2 aromatic carbocycles. The largest absolute Gasteiger partial charge is 0.383 e. The Kier molecular flexibility index (Phi) is 5.27. The summed E-state index contributed by atoms with van der Waals surface area (Å²) >= 11 is 0. The molecule has 1 heterocycles. The molecule has 132 valence electrons. The third-order valence-electron chi connectivity index (χ3n) is 4.47. The summed E-state index contributed by atoms with van der Waals surface area (Å²) in [6, 6.07) is 16.6. The van der Waals surface area contributed by atoms with E-state index < -0.39 is 0 Å². The maximum absolute atomic E-state index is 12.6. The van der Waals surface area contributed by atoms with E-state index >= 15 is 0 Å². The number of amides is 1. The van der Waals surface area contributed by atoms with Crippen LogP contribution in [0.15, 0.2) is 48.5 Å². The number of hydrogen-bond acceptors (Lipinski definition) is 3. The molecule has 0 unspecified atom stereocenters. The van der Waals surface area contributed by atoms with E-state index in [1.165, 1.54) is 11.3 Å². The number of rotatable bonds is 4. The van der Waals surface area contributed by atoms with E-state index in [2.05, 4.69) is 49.2 Å². The van der Waals surface area contributed by atoms with E-state index in [9.17, 15) is 4.79 Å². The van der Waals surface area contributed by atoms with Crippen LogP contribution in [-0.4, -0.2) is 43.0 Å². The molecule has 4 heteroatoms. The Morgan fingerprint density at radius 2 is 1.68 bits per heavy atom. The Labute approximate surface area is 150 Å². The summed E-state index contributed by atoms with van der Waals surface area (Å²) in [5.74, 6) is 0.131. The summed E-state index contributed by atoms with van der Waals surface area (Å²) in [5, 5.41) is 3.48. The Balaban J connectivity index is 1.66. The lowest BCUT2D eigenvalue weighted by Crippen LogP contribution is -2.48. The first kappa shape index (κ1) is 17.3. The minimum atomic E-state index is 0.131. The fourth-order valence-electron chi connectivity index (χ4n) is 3.29. The Morgan fingerprint density at radius 1 is 1.00 bits per heavy atom. The minimum absolute atomic E-state index is 0.131. The number of carbonyl (C=O) groups excluding carboxylic acids is 1. The second-order valence-corrected chi connectivity index (χ2v) is 7.00. The van der Waals surface area contributed by atoms with Crippen LogP contribution in [0.5, 0.6) is 0 Å². The molecule has 1 amide bonds. The van der Waals surface area contributed by atoms with Gasteiger partial charge >= 0.3 is 0 Å². The normalized spacial score (nSPS) is 14.7. The van der Waals surface area contributed by atoms with Gasteiger partial charge in [0, 0.05) is 49.2 Å². The van der Waals surface area contributed by atoms with Crippen molar-refractivity contribution in [1.29, 1.82) is 0 Å². The zero-order valence-electron chi connectivity index (χ0n) is 15.3. The molecule has 3 rings (SSSR count). The molecule has 1 fully saturated rings. The van der Waals surface area contributed by atoms with Gasteiger partial charge in [-0.3, -0.25) is 4.79 Å². The summed E-state index contributed by atoms with van der Waals surface area (Å²) in [6.45, 7) is 9.67. The van der Waals surface area contributed by atoms with Gasteiger partial charge in [0.1, 0.15) is 0 Å². The van der Waals surface area contributed by atoms with Crippen molar-refractivity contribution >= 4 is 17.3 Å². The van der Waals surface area contributed by atoms with Crippen LogP contribution in [0, 0.1) is 6.92 Å². The van der Waals surface area contributed by atoms with Crippen molar-refractivity contribution in [3.8, 4) is 0 Å². The second-order valence-electron chi connectivity index (χ2n) is 7.00. The highest BCUT2D eigenvalue weighted by molar-refractivity contribution is 5.94. The Hall–Kier alpha value is -2.49. The highest BCUT2D eigenvalue weighted by atomic mass is 16.2. The number of anilines is 2. The second kappa shape index (κ2) is 7.60. The van der Waals surface area contributed by atoms with Gasteiger partial charge in [0.25, 0.3) is 5.91 Å². The number of carbonyl (C=O) groups is 1. The minimum Gasteiger partial charge on any atom is -0.383 e. The van der Waals surface area contributed by atoms with Crippen LogP contribution in [-0.2, 0) is 0 Å². The quantitative estimate of drug-likeness (QED) is 0.922. The zero-order valence-corrected chi connectivity index (χ0v) is 15.3. The molecule has 2 aromatic rings. The van der Waals surface area contributed by atoms with Gasteiger partial charge in [-0.15, -0.1) is 0 Å².